The van der Waals surface area contributed by atoms with Crippen molar-refractivity contribution in [1.82, 2.24) is 9.21 Å². The Morgan fingerprint density at radius 3 is 2.38 bits per heavy atom. The molecule has 2 aliphatic heterocycles. The van der Waals surface area contributed by atoms with Crippen molar-refractivity contribution in [3.8, 4) is 5.75 Å². The van der Waals surface area contributed by atoms with Crippen molar-refractivity contribution >= 4 is 21.6 Å². The molecule has 32 heavy (non-hydrogen) atoms. The Morgan fingerprint density at radius 2 is 1.66 bits per heavy atom. The van der Waals surface area contributed by atoms with Crippen molar-refractivity contribution in [3.05, 3.63) is 54.6 Å². The lowest BCUT2D eigenvalue weighted by Gasteiger charge is -2.34. The van der Waals surface area contributed by atoms with Crippen molar-refractivity contribution in [2.45, 2.75) is 24.2 Å². The number of nitrogens with zero attached hydrogens (tertiary/aromatic N) is 3. The third-order valence-electron chi connectivity index (χ3n) is 6.36. The summed E-state index contributed by atoms with van der Waals surface area (Å²) in [6.45, 7) is 3.72. The Kier molecular flexibility index (Phi) is 7.01. The molecule has 2 aliphatic rings. The van der Waals surface area contributed by atoms with Gasteiger partial charge in [0.2, 0.25) is 15.9 Å². The molecule has 1 unspecified atom stereocenters. The highest BCUT2D eigenvalue weighted by Crippen LogP contribution is 2.26. The van der Waals surface area contributed by atoms with E-state index in [-0.39, 0.29) is 23.3 Å². The van der Waals surface area contributed by atoms with E-state index in [9.17, 15) is 13.2 Å². The average molecular weight is 458 g/mol. The van der Waals surface area contributed by atoms with E-state index < -0.39 is 10.0 Å². The highest BCUT2D eigenvalue weighted by atomic mass is 32.2. The Labute approximate surface area is 190 Å². The molecule has 4 rings (SSSR count). The number of carbonyl (C=O) groups is 1. The number of methoxy groups -OCH3 is 1. The molecule has 172 valence electrons. The van der Waals surface area contributed by atoms with Gasteiger partial charge in [-0.15, -0.1) is 0 Å². The fourth-order valence-corrected chi connectivity index (χ4v) is 6.10. The van der Waals surface area contributed by atoms with Gasteiger partial charge in [-0.2, -0.15) is 4.31 Å². The molecule has 2 aromatic carbocycles. The van der Waals surface area contributed by atoms with Crippen molar-refractivity contribution in [3.63, 3.8) is 0 Å². The number of ether oxygens (including phenoxy) is 1. The molecule has 8 heteroatoms. The molecule has 0 aliphatic carbocycles. The van der Waals surface area contributed by atoms with E-state index in [0.29, 0.717) is 26.1 Å². The number of hydrogen-bond acceptors (Lipinski definition) is 5. The largest absolute Gasteiger partial charge is 0.497 e. The molecule has 2 fully saturated rings. The van der Waals surface area contributed by atoms with Crippen LogP contribution in [0.3, 0.4) is 0 Å². The molecule has 0 aromatic heterocycles. The lowest BCUT2D eigenvalue weighted by atomic mass is 9.98. The van der Waals surface area contributed by atoms with Gasteiger partial charge in [-0.25, -0.2) is 8.42 Å². The molecule has 0 saturated carbocycles. The summed E-state index contributed by atoms with van der Waals surface area (Å²) in [5, 5.41) is 0. The maximum atomic E-state index is 13.3. The van der Waals surface area contributed by atoms with E-state index in [4.69, 9.17) is 4.74 Å². The Morgan fingerprint density at radius 1 is 0.906 bits per heavy atom. The van der Waals surface area contributed by atoms with E-state index in [1.165, 1.54) is 4.31 Å². The minimum Gasteiger partial charge on any atom is -0.497 e. The van der Waals surface area contributed by atoms with Crippen LogP contribution in [0.15, 0.2) is 59.5 Å². The van der Waals surface area contributed by atoms with Crippen LogP contribution >= 0.6 is 0 Å². The predicted molar refractivity (Wildman–Crippen MR) is 124 cm³/mol. The molecule has 0 spiro atoms. The Balaban J connectivity index is 1.39. The van der Waals surface area contributed by atoms with E-state index in [1.54, 1.807) is 37.4 Å². The lowest BCUT2D eigenvalue weighted by molar-refractivity contribution is -0.136. The molecule has 2 heterocycles. The molecule has 0 bridgehead atoms. The number of piperidine rings is 1. The first kappa shape index (κ1) is 22.6. The number of hydrogen-bond donors (Lipinski definition) is 0. The third kappa shape index (κ3) is 4.91. The van der Waals surface area contributed by atoms with Gasteiger partial charge in [-0.05, 0) is 55.7 Å². The zero-order chi connectivity index (χ0) is 22.6. The average Bonchev–Trinajstić information content (AvgIpc) is 3.11. The summed E-state index contributed by atoms with van der Waals surface area (Å²) < 4.78 is 32.8. The monoisotopic (exact) mass is 457 g/mol. The van der Waals surface area contributed by atoms with Gasteiger partial charge in [-0.1, -0.05) is 18.2 Å². The van der Waals surface area contributed by atoms with Gasteiger partial charge >= 0.3 is 0 Å². The normalized spacial score (nSPS) is 20.6. The highest BCUT2D eigenvalue weighted by molar-refractivity contribution is 7.89. The fraction of sp³-hybridized carbons (Fsp3) is 0.458. The summed E-state index contributed by atoms with van der Waals surface area (Å²) in [6, 6.07) is 16.5. The smallest absolute Gasteiger partial charge is 0.243 e. The molecule has 0 radical (unpaired) electrons. The van der Waals surface area contributed by atoms with Gasteiger partial charge in [-0.3, -0.25) is 4.79 Å². The predicted octanol–water partition coefficient (Wildman–Crippen LogP) is 2.83. The molecule has 1 amide bonds. The second kappa shape index (κ2) is 9.92. The highest BCUT2D eigenvalue weighted by Gasteiger charge is 2.35. The number of amides is 1. The van der Waals surface area contributed by atoms with E-state index in [0.717, 1.165) is 37.4 Å². The minimum atomic E-state index is -3.57. The molecule has 1 atom stereocenters. The number of sulfonamides is 1. The van der Waals surface area contributed by atoms with Crippen LogP contribution in [0.5, 0.6) is 5.75 Å². The van der Waals surface area contributed by atoms with Crippen LogP contribution in [0.2, 0.25) is 0 Å². The lowest BCUT2D eigenvalue weighted by Crippen LogP contribution is -2.47. The van der Waals surface area contributed by atoms with Crippen LogP contribution in [0.4, 0.5) is 5.69 Å². The molecule has 7 nitrogen and oxygen atoms in total. The second-order valence-electron chi connectivity index (χ2n) is 8.38. The summed E-state index contributed by atoms with van der Waals surface area (Å²) in [5.41, 5.74) is 1.12. The van der Waals surface area contributed by atoms with E-state index in [2.05, 4.69) is 4.90 Å². The number of rotatable bonds is 5. The maximum Gasteiger partial charge on any atom is 0.243 e. The van der Waals surface area contributed by atoms with Crippen molar-refractivity contribution < 1.29 is 17.9 Å². The van der Waals surface area contributed by atoms with Crippen LogP contribution < -0.4 is 9.64 Å². The SMILES string of the molecule is COc1ccc(N2CCCN(C(=O)C3CCCN(S(=O)(=O)c4ccccc4)C3)CC2)cc1. The quantitative estimate of drug-likeness (QED) is 0.691. The summed E-state index contributed by atoms with van der Waals surface area (Å²) in [4.78, 5) is 17.8. The van der Waals surface area contributed by atoms with Gasteiger partial charge in [0.25, 0.3) is 0 Å². The first-order chi connectivity index (χ1) is 15.5. The molecule has 2 aromatic rings. The fourth-order valence-electron chi connectivity index (χ4n) is 4.55. The number of anilines is 1. The van der Waals surface area contributed by atoms with Gasteiger partial charge < -0.3 is 14.5 Å². The minimum absolute atomic E-state index is 0.0783. The van der Waals surface area contributed by atoms with Gasteiger partial charge in [0.1, 0.15) is 5.75 Å². The topological polar surface area (TPSA) is 70.2 Å². The van der Waals surface area contributed by atoms with Crippen molar-refractivity contribution in [1.29, 1.82) is 0 Å². The molecular formula is C24H31N3O4S. The van der Waals surface area contributed by atoms with E-state index >= 15 is 0 Å². The molecule has 2 saturated heterocycles. The maximum absolute atomic E-state index is 13.3. The standard InChI is InChI=1S/C24H31N3O4S/c1-31-22-12-10-21(11-13-22)25-14-6-15-26(18-17-25)24(28)20-7-5-16-27(19-20)32(29,30)23-8-3-2-4-9-23/h2-4,8-13,20H,5-7,14-19H2,1H3. The number of benzene rings is 2. The van der Waals surface area contributed by atoms with Crippen LogP contribution in [0, 0.1) is 5.92 Å². The summed E-state index contributed by atoms with van der Waals surface area (Å²) in [7, 11) is -1.92. The Hall–Kier alpha value is -2.58. The second-order valence-corrected chi connectivity index (χ2v) is 10.3. The zero-order valence-electron chi connectivity index (χ0n) is 18.5. The van der Waals surface area contributed by atoms with Crippen LogP contribution in [0.1, 0.15) is 19.3 Å². The first-order valence-corrected chi connectivity index (χ1v) is 12.7. The van der Waals surface area contributed by atoms with Crippen LogP contribution in [-0.4, -0.2) is 69.9 Å². The van der Waals surface area contributed by atoms with E-state index in [1.807, 2.05) is 29.2 Å². The zero-order valence-corrected chi connectivity index (χ0v) is 19.3. The van der Waals surface area contributed by atoms with Gasteiger partial charge in [0, 0.05) is 45.0 Å². The van der Waals surface area contributed by atoms with Gasteiger partial charge in [0.05, 0.1) is 17.9 Å². The first-order valence-electron chi connectivity index (χ1n) is 11.2. The van der Waals surface area contributed by atoms with Crippen molar-refractivity contribution in [2.75, 3.05) is 51.3 Å². The molecule has 0 N–H and O–H groups in total. The van der Waals surface area contributed by atoms with Crippen LogP contribution in [-0.2, 0) is 14.8 Å². The third-order valence-corrected chi connectivity index (χ3v) is 8.24. The van der Waals surface area contributed by atoms with Crippen molar-refractivity contribution in [2.24, 2.45) is 5.92 Å². The van der Waals surface area contributed by atoms with Gasteiger partial charge in [0.15, 0.2) is 0 Å². The Bertz CT molecular complexity index is 1010. The van der Waals surface area contributed by atoms with Crippen LogP contribution in [0.25, 0.3) is 0 Å². The number of carbonyl (C=O) groups excluding carboxylic acids is 1. The summed E-state index contributed by atoms with van der Waals surface area (Å²) in [6.07, 6.45) is 2.32. The summed E-state index contributed by atoms with van der Waals surface area (Å²) in [5.74, 6) is 0.622. The molecular weight excluding hydrogens is 426 g/mol. The summed E-state index contributed by atoms with van der Waals surface area (Å²) >= 11 is 0.